The standard InChI is InChI=1S/C17H25N3O3/c1-12(21)5-3-4-6-14-10-20(11-14)16(7-17(22)23)15-8-18-13(2)19-9-15/h8-9,14,16H,3-7,10-11H2,1-2H3,(H,22,23). The van der Waals surface area contributed by atoms with Crippen LogP contribution in [0.15, 0.2) is 12.4 Å². The second-order valence-electron chi connectivity index (χ2n) is 6.44. The largest absolute Gasteiger partial charge is 0.481 e. The maximum atomic E-state index is 11.2. The first-order valence-electron chi connectivity index (χ1n) is 8.19. The monoisotopic (exact) mass is 319 g/mol. The van der Waals surface area contributed by atoms with Gasteiger partial charge in [-0.2, -0.15) is 0 Å². The lowest BCUT2D eigenvalue weighted by molar-refractivity contribution is -0.139. The maximum absolute atomic E-state index is 11.2. The van der Waals surface area contributed by atoms with Gasteiger partial charge in [0.1, 0.15) is 11.6 Å². The van der Waals surface area contributed by atoms with E-state index in [0.717, 1.165) is 37.9 Å². The third kappa shape index (κ3) is 5.39. The van der Waals surface area contributed by atoms with Crippen molar-refractivity contribution in [2.75, 3.05) is 13.1 Å². The highest BCUT2D eigenvalue weighted by Gasteiger charge is 2.34. The van der Waals surface area contributed by atoms with E-state index >= 15 is 0 Å². The number of hydrogen-bond acceptors (Lipinski definition) is 5. The number of carbonyl (C=O) groups excluding carboxylic acids is 1. The maximum Gasteiger partial charge on any atom is 0.305 e. The van der Waals surface area contributed by atoms with Crippen molar-refractivity contribution in [3.05, 3.63) is 23.8 Å². The van der Waals surface area contributed by atoms with Crippen molar-refractivity contribution in [1.82, 2.24) is 14.9 Å². The van der Waals surface area contributed by atoms with E-state index in [2.05, 4.69) is 14.9 Å². The summed E-state index contributed by atoms with van der Waals surface area (Å²) in [6.45, 7) is 5.26. The average Bonchev–Trinajstić information content (AvgIpc) is 2.43. The molecule has 2 rings (SSSR count). The zero-order chi connectivity index (χ0) is 16.8. The predicted octanol–water partition coefficient (Wildman–Crippen LogP) is 2.38. The van der Waals surface area contributed by atoms with E-state index in [-0.39, 0.29) is 18.2 Å². The molecule has 1 fully saturated rings. The summed E-state index contributed by atoms with van der Waals surface area (Å²) in [5, 5.41) is 9.16. The van der Waals surface area contributed by atoms with Crippen LogP contribution >= 0.6 is 0 Å². The molecule has 1 aromatic rings. The molecule has 1 aliphatic rings. The smallest absolute Gasteiger partial charge is 0.305 e. The van der Waals surface area contributed by atoms with Gasteiger partial charge in [0.25, 0.3) is 0 Å². The SMILES string of the molecule is CC(=O)CCCCC1CN(C(CC(=O)O)c2cnc(C)nc2)C1. The highest BCUT2D eigenvalue weighted by atomic mass is 16.4. The van der Waals surface area contributed by atoms with Crippen LogP contribution in [0.4, 0.5) is 0 Å². The number of hydrogen-bond donors (Lipinski definition) is 1. The Morgan fingerprint density at radius 1 is 1.30 bits per heavy atom. The fraction of sp³-hybridized carbons (Fsp3) is 0.647. The molecule has 0 aromatic carbocycles. The van der Waals surface area contributed by atoms with Gasteiger partial charge in [0.05, 0.1) is 6.42 Å². The highest BCUT2D eigenvalue weighted by molar-refractivity contribution is 5.75. The molecule has 6 nitrogen and oxygen atoms in total. The molecule has 2 heterocycles. The minimum atomic E-state index is -0.805. The van der Waals surface area contributed by atoms with E-state index in [1.807, 2.05) is 6.92 Å². The molecule has 126 valence electrons. The van der Waals surface area contributed by atoms with E-state index < -0.39 is 5.97 Å². The fourth-order valence-electron chi connectivity index (χ4n) is 3.05. The lowest BCUT2D eigenvalue weighted by Crippen LogP contribution is -2.48. The number of rotatable bonds is 9. The van der Waals surface area contributed by atoms with Crippen molar-refractivity contribution in [3.8, 4) is 0 Å². The summed E-state index contributed by atoms with van der Waals surface area (Å²) in [6.07, 6.45) is 7.33. The van der Waals surface area contributed by atoms with E-state index in [1.165, 1.54) is 0 Å². The Morgan fingerprint density at radius 3 is 2.52 bits per heavy atom. The second kappa shape index (κ2) is 8.15. The minimum absolute atomic E-state index is 0.0729. The number of aryl methyl sites for hydroxylation is 1. The van der Waals surface area contributed by atoms with Crippen molar-refractivity contribution in [1.29, 1.82) is 0 Å². The molecule has 1 aromatic heterocycles. The number of carbonyl (C=O) groups is 2. The minimum Gasteiger partial charge on any atom is -0.481 e. The molecule has 0 amide bonds. The molecule has 1 atom stereocenters. The van der Waals surface area contributed by atoms with Crippen molar-refractivity contribution in [3.63, 3.8) is 0 Å². The topological polar surface area (TPSA) is 83.4 Å². The van der Waals surface area contributed by atoms with Gasteiger partial charge >= 0.3 is 5.97 Å². The van der Waals surface area contributed by atoms with Crippen LogP contribution < -0.4 is 0 Å². The van der Waals surface area contributed by atoms with E-state index in [4.69, 9.17) is 5.11 Å². The van der Waals surface area contributed by atoms with Gasteiger partial charge in [-0.15, -0.1) is 0 Å². The Hall–Kier alpha value is -1.82. The summed E-state index contributed by atoms with van der Waals surface area (Å²) in [5.74, 6) is 0.737. The Balaban J connectivity index is 1.84. The van der Waals surface area contributed by atoms with Gasteiger partial charge in [-0.25, -0.2) is 9.97 Å². The summed E-state index contributed by atoms with van der Waals surface area (Å²) in [6, 6.07) is -0.151. The normalized spacial score (nSPS) is 16.8. The quantitative estimate of drug-likeness (QED) is 0.704. The van der Waals surface area contributed by atoms with Crippen molar-refractivity contribution < 1.29 is 14.7 Å². The summed E-state index contributed by atoms with van der Waals surface area (Å²) < 4.78 is 0. The van der Waals surface area contributed by atoms with Crippen LogP contribution in [0.5, 0.6) is 0 Å². The summed E-state index contributed by atoms with van der Waals surface area (Å²) in [7, 11) is 0. The third-order valence-electron chi connectivity index (χ3n) is 4.37. The molecule has 1 saturated heterocycles. The first-order chi connectivity index (χ1) is 11.0. The van der Waals surface area contributed by atoms with E-state index in [0.29, 0.717) is 18.2 Å². The summed E-state index contributed by atoms with van der Waals surface area (Å²) in [5.41, 5.74) is 0.869. The molecule has 0 radical (unpaired) electrons. The van der Waals surface area contributed by atoms with Crippen LogP contribution in [0.1, 0.15) is 56.5 Å². The summed E-state index contributed by atoms with van der Waals surface area (Å²) >= 11 is 0. The van der Waals surface area contributed by atoms with Crippen LogP contribution in [0.25, 0.3) is 0 Å². The van der Waals surface area contributed by atoms with Gasteiger partial charge in [-0.3, -0.25) is 9.69 Å². The first kappa shape index (κ1) is 17.5. The number of aliphatic carboxylic acids is 1. The van der Waals surface area contributed by atoms with Crippen LogP contribution in [0.2, 0.25) is 0 Å². The molecule has 23 heavy (non-hydrogen) atoms. The molecule has 0 spiro atoms. The Bertz CT molecular complexity index is 539. The van der Waals surface area contributed by atoms with Crippen molar-refractivity contribution in [2.45, 2.75) is 52.0 Å². The predicted molar refractivity (Wildman–Crippen MR) is 86.0 cm³/mol. The fourth-order valence-corrected chi connectivity index (χ4v) is 3.05. The molecule has 1 N–H and O–H groups in total. The lowest BCUT2D eigenvalue weighted by Gasteiger charge is -2.44. The zero-order valence-electron chi connectivity index (χ0n) is 13.9. The number of aromatic nitrogens is 2. The molecular formula is C17H25N3O3. The molecule has 0 aliphatic carbocycles. The van der Waals surface area contributed by atoms with Crippen molar-refractivity contribution >= 4 is 11.8 Å². The number of ketones is 1. The average molecular weight is 319 g/mol. The van der Waals surface area contributed by atoms with Gasteiger partial charge in [-0.05, 0) is 32.6 Å². The van der Waals surface area contributed by atoms with Gasteiger partial charge in [-0.1, -0.05) is 6.42 Å². The second-order valence-corrected chi connectivity index (χ2v) is 6.44. The number of nitrogens with zero attached hydrogens (tertiary/aromatic N) is 3. The Morgan fingerprint density at radius 2 is 1.96 bits per heavy atom. The zero-order valence-corrected chi connectivity index (χ0v) is 13.9. The molecule has 0 bridgehead atoms. The van der Waals surface area contributed by atoms with Gasteiger partial charge in [0.2, 0.25) is 0 Å². The van der Waals surface area contributed by atoms with Crippen LogP contribution in [0.3, 0.4) is 0 Å². The first-order valence-corrected chi connectivity index (χ1v) is 8.19. The number of Topliss-reactive ketones (excluding diaryl/α,β-unsaturated/α-hetero) is 1. The van der Waals surface area contributed by atoms with Crippen LogP contribution in [-0.4, -0.2) is 44.8 Å². The van der Waals surface area contributed by atoms with Crippen molar-refractivity contribution in [2.24, 2.45) is 5.92 Å². The van der Waals surface area contributed by atoms with Gasteiger partial charge in [0.15, 0.2) is 0 Å². The molecule has 1 aliphatic heterocycles. The number of unbranched alkanes of at least 4 members (excludes halogenated alkanes) is 1. The number of carboxylic acids is 1. The summed E-state index contributed by atoms with van der Waals surface area (Å²) in [4.78, 5) is 32.6. The Kier molecular flexibility index (Phi) is 6.21. The Labute approximate surface area is 136 Å². The number of carboxylic acid groups (broad SMARTS) is 1. The van der Waals surface area contributed by atoms with Gasteiger partial charge < -0.3 is 9.90 Å². The number of likely N-dealkylation sites (tertiary alicyclic amines) is 1. The lowest BCUT2D eigenvalue weighted by atomic mass is 9.89. The molecule has 6 heteroatoms. The van der Waals surface area contributed by atoms with Crippen LogP contribution in [-0.2, 0) is 9.59 Å². The highest BCUT2D eigenvalue weighted by Crippen LogP contribution is 2.33. The molecule has 1 unspecified atom stereocenters. The molecule has 0 saturated carbocycles. The van der Waals surface area contributed by atoms with Gasteiger partial charge in [0, 0.05) is 43.5 Å². The van der Waals surface area contributed by atoms with Crippen LogP contribution in [0, 0.1) is 12.8 Å². The molecular weight excluding hydrogens is 294 g/mol. The van der Waals surface area contributed by atoms with E-state index in [1.54, 1.807) is 19.3 Å². The third-order valence-corrected chi connectivity index (χ3v) is 4.37. The van der Waals surface area contributed by atoms with E-state index in [9.17, 15) is 9.59 Å².